The minimum absolute atomic E-state index is 0.337. The number of ketones is 1. The van der Waals surface area contributed by atoms with Crippen LogP contribution in [0.3, 0.4) is 0 Å². The lowest BCUT2D eigenvalue weighted by Gasteiger charge is -2.07. The monoisotopic (exact) mass is 206 g/mol. The van der Waals surface area contributed by atoms with Gasteiger partial charge < -0.3 is 4.57 Å². The minimum atomic E-state index is 0.337. The molecule has 1 aliphatic rings. The first-order valence-corrected chi connectivity index (χ1v) is 5.62. The Morgan fingerprint density at radius 2 is 2.27 bits per heavy atom. The van der Waals surface area contributed by atoms with Gasteiger partial charge in [-0.3, -0.25) is 4.79 Å². The summed E-state index contributed by atoms with van der Waals surface area (Å²) >= 11 is 0. The van der Waals surface area contributed by atoms with E-state index in [-0.39, 0.29) is 0 Å². The number of nitrogens with zero attached hydrogens (tertiary/aromatic N) is 2. The van der Waals surface area contributed by atoms with Gasteiger partial charge in [0.15, 0.2) is 0 Å². The molecule has 0 N–H and O–H groups in total. The first-order valence-electron chi connectivity index (χ1n) is 5.62. The van der Waals surface area contributed by atoms with Crippen molar-refractivity contribution in [2.75, 3.05) is 0 Å². The molecule has 0 aromatic carbocycles. The summed E-state index contributed by atoms with van der Waals surface area (Å²) in [5, 5.41) is 0. The van der Waals surface area contributed by atoms with Crippen molar-refractivity contribution in [1.82, 2.24) is 9.55 Å². The Morgan fingerprint density at radius 1 is 1.60 bits per heavy atom. The molecule has 0 bridgehead atoms. The number of rotatable bonds is 4. The molecule has 0 aliphatic heterocycles. The second-order valence-corrected chi connectivity index (χ2v) is 4.73. The highest BCUT2D eigenvalue weighted by molar-refractivity contribution is 5.84. The number of hydrogen-bond acceptors (Lipinski definition) is 2. The van der Waals surface area contributed by atoms with Crippen LogP contribution in [0.15, 0.2) is 6.20 Å². The van der Waals surface area contributed by atoms with Crippen LogP contribution >= 0.6 is 0 Å². The van der Waals surface area contributed by atoms with Crippen molar-refractivity contribution in [3.05, 3.63) is 17.7 Å². The molecule has 0 radical (unpaired) electrons. The van der Waals surface area contributed by atoms with Gasteiger partial charge >= 0.3 is 0 Å². The van der Waals surface area contributed by atoms with E-state index < -0.39 is 0 Å². The molecule has 1 aromatic rings. The molecule has 1 fully saturated rings. The van der Waals surface area contributed by atoms with Gasteiger partial charge in [0.2, 0.25) is 0 Å². The average molecular weight is 206 g/mol. The Balaban J connectivity index is 2.11. The lowest BCUT2D eigenvalue weighted by atomic mass is 10.1. The average Bonchev–Trinajstić information content (AvgIpc) is 2.94. The van der Waals surface area contributed by atoms with E-state index in [0.717, 1.165) is 18.7 Å². The van der Waals surface area contributed by atoms with Crippen LogP contribution in [0.2, 0.25) is 0 Å². The molecule has 1 heterocycles. The van der Waals surface area contributed by atoms with Crippen LogP contribution in [0.1, 0.15) is 44.1 Å². The van der Waals surface area contributed by atoms with Crippen LogP contribution in [0.25, 0.3) is 0 Å². The van der Waals surface area contributed by atoms with Crippen LogP contribution < -0.4 is 0 Å². The van der Waals surface area contributed by atoms with Gasteiger partial charge in [0.25, 0.3) is 0 Å². The molecule has 2 rings (SSSR count). The molecule has 0 amide bonds. The SMILES string of the molecule is CC(C)c1cnc(CC(=O)C2CC2)n1C. The summed E-state index contributed by atoms with van der Waals surface area (Å²) in [4.78, 5) is 16.0. The molecular formula is C12H18N2O. The highest BCUT2D eigenvalue weighted by atomic mass is 16.1. The zero-order valence-electron chi connectivity index (χ0n) is 9.66. The topological polar surface area (TPSA) is 34.9 Å². The minimum Gasteiger partial charge on any atom is -0.334 e. The van der Waals surface area contributed by atoms with Crippen LogP contribution in [0, 0.1) is 5.92 Å². The van der Waals surface area contributed by atoms with E-state index in [1.165, 1.54) is 5.69 Å². The second kappa shape index (κ2) is 3.80. The molecule has 82 valence electrons. The molecule has 0 saturated heterocycles. The van der Waals surface area contributed by atoms with Crippen LogP contribution in [-0.4, -0.2) is 15.3 Å². The molecule has 15 heavy (non-hydrogen) atoms. The molecular weight excluding hydrogens is 188 g/mol. The largest absolute Gasteiger partial charge is 0.334 e. The van der Waals surface area contributed by atoms with Crippen LogP contribution in [0.4, 0.5) is 0 Å². The van der Waals surface area contributed by atoms with Crippen LogP contribution in [0.5, 0.6) is 0 Å². The quantitative estimate of drug-likeness (QED) is 0.755. The molecule has 1 aliphatic carbocycles. The predicted octanol–water partition coefficient (Wildman–Crippen LogP) is 2.07. The van der Waals surface area contributed by atoms with Crippen molar-refractivity contribution in [3.63, 3.8) is 0 Å². The van der Waals surface area contributed by atoms with Gasteiger partial charge in [0, 0.05) is 24.9 Å². The highest BCUT2D eigenvalue weighted by Crippen LogP contribution is 2.31. The second-order valence-electron chi connectivity index (χ2n) is 4.73. The Hall–Kier alpha value is -1.12. The fourth-order valence-electron chi connectivity index (χ4n) is 1.87. The maximum atomic E-state index is 11.7. The molecule has 0 spiro atoms. The van der Waals surface area contributed by atoms with Crippen LogP contribution in [-0.2, 0) is 18.3 Å². The van der Waals surface area contributed by atoms with Gasteiger partial charge in [-0.25, -0.2) is 4.98 Å². The zero-order valence-corrected chi connectivity index (χ0v) is 9.66. The third kappa shape index (κ3) is 2.11. The van der Waals surface area contributed by atoms with E-state index in [0.29, 0.717) is 24.0 Å². The van der Waals surface area contributed by atoms with Crippen molar-refractivity contribution < 1.29 is 4.79 Å². The number of Topliss-reactive ketones (excluding diaryl/α,β-unsaturated/α-hetero) is 1. The Morgan fingerprint density at radius 3 is 2.73 bits per heavy atom. The number of carbonyl (C=O) groups is 1. The summed E-state index contributed by atoms with van der Waals surface area (Å²) in [6.45, 7) is 4.28. The first-order chi connectivity index (χ1) is 7.09. The van der Waals surface area contributed by atoms with E-state index >= 15 is 0 Å². The van der Waals surface area contributed by atoms with E-state index in [9.17, 15) is 4.79 Å². The molecule has 3 nitrogen and oxygen atoms in total. The number of imidazole rings is 1. The van der Waals surface area contributed by atoms with E-state index in [2.05, 4.69) is 23.4 Å². The van der Waals surface area contributed by atoms with Gasteiger partial charge in [0.1, 0.15) is 11.6 Å². The molecule has 3 heteroatoms. The summed E-state index contributed by atoms with van der Waals surface area (Å²) in [5.41, 5.74) is 1.20. The van der Waals surface area contributed by atoms with Crippen molar-refractivity contribution in [2.45, 2.75) is 39.0 Å². The Bertz CT molecular complexity index is 375. The van der Waals surface area contributed by atoms with Crippen molar-refractivity contribution in [1.29, 1.82) is 0 Å². The standard InChI is InChI=1S/C12H18N2O/c1-8(2)10-7-13-12(14(10)3)6-11(15)9-4-5-9/h7-9H,4-6H2,1-3H3. The summed E-state index contributed by atoms with van der Waals surface area (Å²) in [6, 6.07) is 0. The molecule has 1 saturated carbocycles. The highest BCUT2D eigenvalue weighted by Gasteiger charge is 2.30. The maximum absolute atomic E-state index is 11.7. The Labute approximate surface area is 90.5 Å². The zero-order chi connectivity index (χ0) is 11.0. The fourth-order valence-corrected chi connectivity index (χ4v) is 1.87. The van der Waals surface area contributed by atoms with Gasteiger partial charge in [-0.05, 0) is 18.8 Å². The van der Waals surface area contributed by atoms with E-state index in [1.54, 1.807) is 0 Å². The smallest absolute Gasteiger partial charge is 0.143 e. The third-order valence-corrected chi connectivity index (χ3v) is 3.08. The first kappa shape index (κ1) is 10.4. The van der Waals surface area contributed by atoms with Gasteiger partial charge in [-0.15, -0.1) is 0 Å². The molecule has 0 atom stereocenters. The van der Waals surface area contributed by atoms with Crippen molar-refractivity contribution >= 4 is 5.78 Å². The summed E-state index contributed by atoms with van der Waals surface area (Å²) < 4.78 is 2.06. The number of carbonyl (C=O) groups excluding carboxylic acids is 1. The lowest BCUT2D eigenvalue weighted by Crippen LogP contribution is -2.11. The van der Waals surface area contributed by atoms with Crippen molar-refractivity contribution in [2.24, 2.45) is 13.0 Å². The summed E-state index contributed by atoms with van der Waals surface area (Å²) in [6.07, 6.45) is 4.56. The van der Waals surface area contributed by atoms with Gasteiger partial charge in [-0.1, -0.05) is 13.8 Å². The molecule has 0 unspecified atom stereocenters. The Kier molecular flexibility index (Phi) is 2.63. The van der Waals surface area contributed by atoms with Gasteiger partial charge in [0.05, 0.1) is 6.42 Å². The molecule has 1 aromatic heterocycles. The van der Waals surface area contributed by atoms with E-state index in [4.69, 9.17) is 0 Å². The predicted molar refractivity (Wildman–Crippen MR) is 58.7 cm³/mol. The van der Waals surface area contributed by atoms with Crippen molar-refractivity contribution in [3.8, 4) is 0 Å². The van der Waals surface area contributed by atoms with Gasteiger partial charge in [-0.2, -0.15) is 0 Å². The summed E-state index contributed by atoms with van der Waals surface area (Å²) in [7, 11) is 2.00. The number of hydrogen-bond donors (Lipinski definition) is 0. The fraction of sp³-hybridized carbons (Fsp3) is 0.667. The lowest BCUT2D eigenvalue weighted by molar-refractivity contribution is -0.119. The number of aromatic nitrogens is 2. The third-order valence-electron chi connectivity index (χ3n) is 3.08. The maximum Gasteiger partial charge on any atom is 0.143 e. The van der Waals surface area contributed by atoms with E-state index in [1.807, 2.05) is 13.2 Å². The normalized spacial score (nSPS) is 16.0. The summed E-state index contributed by atoms with van der Waals surface area (Å²) in [5.74, 6) is 2.08.